The summed E-state index contributed by atoms with van der Waals surface area (Å²) >= 11 is 7.80. The predicted molar refractivity (Wildman–Crippen MR) is 71.2 cm³/mol. The monoisotopic (exact) mass is 359 g/mol. The van der Waals surface area contributed by atoms with Gasteiger partial charge in [-0.25, -0.2) is 8.78 Å². The number of benzene rings is 1. The van der Waals surface area contributed by atoms with Crippen LogP contribution in [-0.2, 0) is 6.54 Å². The average molecular weight is 360 g/mol. The van der Waals surface area contributed by atoms with Gasteiger partial charge in [-0.2, -0.15) is 0 Å². The molecule has 0 N–H and O–H groups in total. The molecule has 0 aliphatic rings. The van der Waals surface area contributed by atoms with E-state index >= 15 is 0 Å². The molecular formula is C11H13ClF2IN. The van der Waals surface area contributed by atoms with Gasteiger partial charge in [0.1, 0.15) is 0 Å². The van der Waals surface area contributed by atoms with Gasteiger partial charge in [0.2, 0.25) is 0 Å². The largest absolute Gasteiger partial charge is 0.292 e. The van der Waals surface area contributed by atoms with E-state index in [1.165, 1.54) is 0 Å². The quantitative estimate of drug-likeness (QED) is 0.554. The molecule has 0 fully saturated rings. The van der Waals surface area contributed by atoms with Crippen molar-refractivity contribution in [2.75, 3.05) is 19.0 Å². The molecule has 0 saturated heterocycles. The average Bonchev–Trinajstić information content (AvgIpc) is 2.21. The first-order chi connectivity index (χ1) is 7.61. The summed E-state index contributed by atoms with van der Waals surface area (Å²) in [5.41, 5.74) is 1.03. The molecule has 1 rings (SSSR count). The summed E-state index contributed by atoms with van der Waals surface area (Å²) in [6.45, 7) is 0.782. The molecule has 0 radical (unpaired) electrons. The molecule has 0 unspecified atom stereocenters. The Bertz CT molecular complexity index is 305. The van der Waals surface area contributed by atoms with Crippen LogP contribution in [0.15, 0.2) is 24.3 Å². The van der Waals surface area contributed by atoms with Crippen LogP contribution in [0.5, 0.6) is 0 Å². The van der Waals surface area contributed by atoms with Crippen molar-refractivity contribution in [1.82, 2.24) is 4.90 Å². The van der Waals surface area contributed by atoms with Crippen LogP contribution in [0.4, 0.5) is 8.78 Å². The van der Waals surface area contributed by atoms with E-state index in [2.05, 4.69) is 22.6 Å². The standard InChI is InChI=1S/C11H13ClF2IN/c12-5-6-16(8-11(13)14)7-9-1-3-10(15)4-2-9/h1-4,11H,5-8H2. The van der Waals surface area contributed by atoms with Gasteiger partial charge >= 0.3 is 0 Å². The Morgan fingerprint density at radius 3 is 2.38 bits per heavy atom. The van der Waals surface area contributed by atoms with Crippen LogP contribution < -0.4 is 0 Å². The zero-order chi connectivity index (χ0) is 12.0. The second-order valence-corrected chi connectivity index (χ2v) is 5.07. The zero-order valence-electron chi connectivity index (χ0n) is 8.67. The number of nitrogens with zero attached hydrogens (tertiary/aromatic N) is 1. The van der Waals surface area contributed by atoms with Crippen LogP contribution in [0.25, 0.3) is 0 Å². The normalized spacial score (nSPS) is 11.4. The van der Waals surface area contributed by atoms with Gasteiger partial charge < -0.3 is 0 Å². The van der Waals surface area contributed by atoms with E-state index in [-0.39, 0.29) is 6.54 Å². The Kier molecular flexibility index (Phi) is 6.53. The molecule has 0 aliphatic heterocycles. The highest BCUT2D eigenvalue weighted by molar-refractivity contribution is 14.1. The molecule has 0 heterocycles. The fraction of sp³-hybridized carbons (Fsp3) is 0.455. The fourth-order valence-electron chi connectivity index (χ4n) is 1.40. The highest BCUT2D eigenvalue weighted by atomic mass is 127. The van der Waals surface area contributed by atoms with Gasteiger partial charge in [0.05, 0.1) is 6.54 Å². The molecule has 0 spiro atoms. The predicted octanol–water partition coefficient (Wildman–Crippen LogP) is 3.60. The van der Waals surface area contributed by atoms with Crippen LogP contribution in [-0.4, -0.2) is 30.3 Å². The lowest BCUT2D eigenvalue weighted by Gasteiger charge is -2.20. The van der Waals surface area contributed by atoms with E-state index in [0.717, 1.165) is 9.13 Å². The van der Waals surface area contributed by atoms with Crippen molar-refractivity contribution < 1.29 is 8.78 Å². The van der Waals surface area contributed by atoms with Crippen molar-refractivity contribution >= 4 is 34.2 Å². The first-order valence-electron chi connectivity index (χ1n) is 4.92. The number of rotatable bonds is 6. The summed E-state index contributed by atoms with van der Waals surface area (Å²) in [5.74, 6) is 0.372. The summed E-state index contributed by atoms with van der Waals surface area (Å²) in [4.78, 5) is 1.67. The van der Waals surface area contributed by atoms with Crippen LogP contribution >= 0.6 is 34.2 Å². The van der Waals surface area contributed by atoms with Gasteiger partial charge in [-0.15, -0.1) is 11.6 Å². The summed E-state index contributed by atoms with van der Waals surface area (Å²) < 4.78 is 25.7. The Hall–Kier alpha value is 0.0600. The summed E-state index contributed by atoms with van der Waals surface area (Å²) in [6.07, 6.45) is -2.31. The Morgan fingerprint density at radius 1 is 1.25 bits per heavy atom. The van der Waals surface area contributed by atoms with Crippen LogP contribution in [0.2, 0.25) is 0 Å². The molecule has 1 nitrogen and oxygen atoms in total. The molecule has 90 valence electrons. The Labute approximate surface area is 113 Å². The SMILES string of the molecule is FC(F)CN(CCCl)Cc1ccc(I)cc1. The first kappa shape index (κ1) is 14.1. The van der Waals surface area contributed by atoms with Crippen molar-refractivity contribution in [3.63, 3.8) is 0 Å². The molecule has 0 atom stereocenters. The molecule has 1 aromatic rings. The minimum Gasteiger partial charge on any atom is -0.292 e. The minimum atomic E-state index is -2.31. The molecule has 0 bridgehead atoms. The Morgan fingerprint density at radius 2 is 1.88 bits per heavy atom. The number of hydrogen-bond acceptors (Lipinski definition) is 1. The zero-order valence-corrected chi connectivity index (χ0v) is 11.6. The third kappa shape index (κ3) is 5.41. The van der Waals surface area contributed by atoms with Crippen molar-refractivity contribution in [3.8, 4) is 0 Å². The van der Waals surface area contributed by atoms with Crippen LogP contribution in [0.3, 0.4) is 0 Å². The second kappa shape index (κ2) is 7.40. The van der Waals surface area contributed by atoms with Crippen LogP contribution in [0.1, 0.15) is 5.56 Å². The van der Waals surface area contributed by atoms with Gasteiger partial charge in [-0.1, -0.05) is 12.1 Å². The first-order valence-corrected chi connectivity index (χ1v) is 6.54. The van der Waals surface area contributed by atoms with Gasteiger partial charge in [0.15, 0.2) is 0 Å². The number of hydrogen-bond donors (Lipinski definition) is 0. The third-order valence-corrected chi connectivity index (χ3v) is 3.00. The molecule has 0 aliphatic carbocycles. The van der Waals surface area contributed by atoms with E-state index in [1.807, 2.05) is 24.3 Å². The highest BCUT2D eigenvalue weighted by Crippen LogP contribution is 2.10. The molecule has 16 heavy (non-hydrogen) atoms. The van der Waals surface area contributed by atoms with Crippen molar-refractivity contribution in [3.05, 3.63) is 33.4 Å². The smallest absolute Gasteiger partial charge is 0.251 e. The molecule has 5 heteroatoms. The number of alkyl halides is 3. The van der Waals surface area contributed by atoms with E-state index in [1.54, 1.807) is 4.90 Å². The van der Waals surface area contributed by atoms with Crippen molar-refractivity contribution in [2.45, 2.75) is 13.0 Å². The maximum absolute atomic E-state index is 12.3. The lowest BCUT2D eigenvalue weighted by molar-refractivity contribution is 0.0878. The summed E-state index contributed by atoms with van der Waals surface area (Å²) in [7, 11) is 0. The Balaban J connectivity index is 2.56. The summed E-state index contributed by atoms with van der Waals surface area (Å²) in [6, 6.07) is 7.84. The highest BCUT2D eigenvalue weighted by Gasteiger charge is 2.11. The molecule has 1 aromatic carbocycles. The van der Waals surface area contributed by atoms with Crippen molar-refractivity contribution in [2.24, 2.45) is 0 Å². The van der Waals surface area contributed by atoms with Gasteiger partial charge in [-0.05, 0) is 40.3 Å². The third-order valence-electron chi connectivity index (χ3n) is 2.12. The lowest BCUT2D eigenvalue weighted by atomic mass is 10.2. The number of halogens is 4. The van der Waals surface area contributed by atoms with Gasteiger partial charge in [-0.3, -0.25) is 4.90 Å². The van der Waals surface area contributed by atoms with Crippen LogP contribution in [0, 0.1) is 3.57 Å². The van der Waals surface area contributed by atoms with Crippen molar-refractivity contribution in [1.29, 1.82) is 0 Å². The summed E-state index contributed by atoms with van der Waals surface area (Å²) in [5, 5.41) is 0. The molecule has 0 aromatic heterocycles. The second-order valence-electron chi connectivity index (χ2n) is 3.44. The van der Waals surface area contributed by atoms with E-state index in [4.69, 9.17) is 11.6 Å². The molecule has 0 saturated carbocycles. The molecular weight excluding hydrogens is 346 g/mol. The molecule has 0 amide bonds. The fourth-order valence-corrected chi connectivity index (χ4v) is 2.00. The van der Waals surface area contributed by atoms with E-state index in [9.17, 15) is 8.78 Å². The van der Waals surface area contributed by atoms with E-state index < -0.39 is 6.43 Å². The van der Waals surface area contributed by atoms with E-state index in [0.29, 0.717) is 19.0 Å². The topological polar surface area (TPSA) is 3.24 Å². The van der Waals surface area contributed by atoms with Gasteiger partial charge in [0, 0.05) is 22.5 Å². The lowest BCUT2D eigenvalue weighted by Crippen LogP contribution is -2.30. The van der Waals surface area contributed by atoms with Gasteiger partial charge in [0.25, 0.3) is 6.43 Å². The maximum atomic E-state index is 12.3. The maximum Gasteiger partial charge on any atom is 0.251 e. The minimum absolute atomic E-state index is 0.224.